The number of carboxylic acids is 1. The van der Waals surface area contributed by atoms with Gasteiger partial charge < -0.3 is 28.3 Å². The summed E-state index contributed by atoms with van der Waals surface area (Å²) < 4.78 is 40.9. The second kappa shape index (κ2) is 11.3. The number of imidazole rings is 1. The van der Waals surface area contributed by atoms with E-state index in [4.69, 9.17) is 35.2 Å². The normalized spacial score (nSPS) is 21.9. The predicted octanol–water partition coefficient (Wildman–Crippen LogP) is 6.75. The number of rotatable bonds is 8. The lowest BCUT2D eigenvalue weighted by molar-refractivity contribution is -0.0712. The Kier molecular flexibility index (Phi) is 7.39. The van der Waals surface area contributed by atoms with Crippen LogP contribution in [0, 0.1) is 12.7 Å². The summed E-state index contributed by atoms with van der Waals surface area (Å²) >= 11 is 5.98. The number of likely N-dealkylation sites (tertiary alicyclic amines) is 1. The first-order valence-corrected chi connectivity index (χ1v) is 15.3. The quantitative estimate of drug-likeness (QED) is 0.231. The van der Waals surface area contributed by atoms with Gasteiger partial charge in [0.1, 0.15) is 17.3 Å². The lowest BCUT2D eigenvalue weighted by atomic mass is 9.88. The molecule has 2 aromatic carbocycles. The molecule has 3 aliphatic heterocycles. The maximum Gasteiger partial charge on any atom is 0.371 e. The first kappa shape index (κ1) is 28.9. The number of furan rings is 1. The summed E-state index contributed by atoms with van der Waals surface area (Å²) in [5.41, 5.74) is 2.94. The molecule has 2 fully saturated rings. The molecule has 2 atom stereocenters. The van der Waals surface area contributed by atoms with Gasteiger partial charge in [-0.1, -0.05) is 23.7 Å². The molecule has 230 valence electrons. The van der Waals surface area contributed by atoms with Crippen molar-refractivity contribution in [2.45, 2.75) is 64.0 Å². The van der Waals surface area contributed by atoms with Crippen LogP contribution in [0.15, 0.2) is 52.9 Å². The third-order valence-corrected chi connectivity index (χ3v) is 9.19. The Hall–Kier alpha value is -3.86. The highest BCUT2D eigenvalue weighted by Gasteiger charge is 2.43. The molecule has 0 saturated carbocycles. The smallest absolute Gasteiger partial charge is 0.371 e. The number of piperidine rings is 1. The van der Waals surface area contributed by atoms with Gasteiger partial charge in [-0.25, -0.2) is 14.2 Å². The van der Waals surface area contributed by atoms with E-state index >= 15 is 0 Å². The summed E-state index contributed by atoms with van der Waals surface area (Å²) in [6.45, 7) is 7.52. The molecule has 2 unspecified atom stereocenters. The van der Waals surface area contributed by atoms with E-state index in [1.54, 1.807) is 25.1 Å². The number of benzene rings is 2. The Morgan fingerprint density at radius 3 is 2.61 bits per heavy atom. The van der Waals surface area contributed by atoms with Crippen molar-refractivity contribution in [3.63, 3.8) is 0 Å². The molecule has 44 heavy (non-hydrogen) atoms. The fraction of sp³-hybridized carbons (Fsp3) is 0.394. The Labute approximate surface area is 259 Å². The van der Waals surface area contributed by atoms with Crippen molar-refractivity contribution in [3.05, 3.63) is 87.8 Å². The minimum atomic E-state index is -1.29. The third kappa shape index (κ3) is 5.25. The van der Waals surface area contributed by atoms with Crippen molar-refractivity contribution >= 4 is 17.6 Å². The van der Waals surface area contributed by atoms with Crippen LogP contribution in [0.5, 0.6) is 11.5 Å². The molecule has 4 aromatic rings. The molecular weight excluding hydrogens is 589 g/mol. The largest absolute Gasteiger partial charge is 0.475 e. The SMILES string of the molecule is Cc1c(-c2ccc(C(=O)O)o2)nc(CN2CCC(c3cccc4c3OC(C)(c3ccc(Cl)cc3F)O4)CC2)n1CC1CCO1. The molecule has 0 spiro atoms. The second-order valence-corrected chi connectivity index (χ2v) is 12.3. The lowest BCUT2D eigenvalue weighted by Crippen LogP contribution is -2.35. The Bertz CT molecular complexity index is 1720. The molecule has 11 heteroatoms. The van der Waals surface area contributed by atoms with Crippen LogP contribution in [0.2, 0.25) is 5.02 Å². The number of carboxylic acid groups (broad SMARTS) is 1. The number of hydrogen-bond donors (Lipinski definition) is 1. The Morgan fingerprint density at radius 2 is 1.93 bits per heavy atom. The van der Waals surface area contributed by atoms with Gasteiger partial charge in [0.05, 0.1) is 24.8 Å². The van der Waals surface area contributed by atoms with Crippen molar-refractivity contribution in [1.29, 1.82) is 0 Å². The molecule has 2 aromatic heterocycles. The van der Waals surface area contributed by atoms with E-state index < -0.39 is 17.6 Å². The number of hydrogen-bond acceptors (Lipinski definition) is 7. The van der Waals surface area contributed by atoms with Gasteiger partial charge in [0, 0.05) is 29.8 Å². The molecular formula is C33H33ClFN3O6. The van der Waals surface area contributed by atoms with Gasteiger partial charge in [0.2, 0.25) is 5.76 Å². The molecule has 0 amide bonds. The highest BCUT2D eigenvalue weighted by molar-refractivity contribution is 6.30. The number of aromatic carboxylic acids is 1. The molecule has 9 nitrogen and oxygen atoms in total. The van der Waals surface area contributed by atoms with E-state index in [2.05, 4.69) is 15.5 Å². The van der Waals surface area contributed by atoms with Crippen LogP contribution in [0.4, 0.5) is 4.39 Å². The molecule has 7 rings (SSSR count). The van der Waals surface area contributed by atoms with Crippen molar-refractivity contribution in [2.24, 2.45) is 0 Å². The van der Waals surface area contributed by atoms with E-state index in [1.807, 2.05) is 19.1 Å². The van der Waals surface area contributed by atoms with E-state index in [1.165, 1.54) is 12.1 Å². The van der Waals surface area contributed by atoms with Crippen LogP contribution in [0.1, 0.15) is 65.3 Å². The average molecular weight is 622 g/mol. The van der Waals surface area contributed by atoms with E-state index in [0.717, 1.165) is 56.0 Å². The van der Waals surface area contributed by atoms with Crippen LogP contribution in [0.25, 0.3) is 11.5 Å². The third-order valence-electron chi connectivity index (χ3n) is 8.95. The molecule has 0 aliphatic carbocycles. The standard InChI is InChI=1S/C33H33ClFN3O6/c1-19-30(26-8-9-28(42-26)32(39)40)36-29(38(19)17-22-12-15-41-22)18-37-13-10-20(11-14-37)23-4-3-5-27-31(23)44-33(2,43-27)24-7-6-21(34)16-25(24)35/h3-9,16,20,22H,10-15,17-18H2,1-2H3,(H,39,40). The van der Waals surface area contributed by atoms with Crippen LogP contribution < -0.4 is 9.47 Å². The molecule has 2 saturated heterocycles. The van der Waals surface area contributed by atoms with Crippen molar-refractivity contribution in [2.75, 3.05) is 19.7 Å². The molecule has 0 radical (unpaired) electrons. The van der Waals surface area contributed by atoms with Crippen LogP contribution in [-0.4, -0.2) is 51.3 Å². The van der Waals surface area contributed by atoms with Gasteiger partial charge in [-0.15, -0.1) is 0 Å². The number of nitrogens with zero attached hydrogens (tertiary/aromatic N) is 3. The monoisotopic (exact) mass is 621 g/mol. The van der Waals surface area contributed by atoms with E-state index in [9.17, 15) is 14.3 Å². The topological polar surface area (TPSA) is 99.2 Å². The van der Waals surface area contributed by atoms with Crippen LogP contribution in [-0.2, 0) is 23.6 Å². The first-order chi connectivity index (χ1) is 21.2. The highest BCUT2D eigenvalue weighted by Crippen LogP contribution is 2.50. The summed E-state index contributed by atoms with van der Waals surface area (Å²) in [5, 5.41) is 9.64. The number of aromatic nitrogens is 2. The fourth-order valence-corrected chi connectivity index (χ4v) is 6.60. The molecule has 5 heterocycles. The summed E-state index contributed by atoms with van der Waals surface area (Å²) in [6, 6.07) is 13.5. The van der Waals surface area contributed by atoms with Gasteiger partial charge in [-0.3, -0.25) is 4.90 Å². The van der Waals surface area contributed by atoms with E-state index in [0.29, 0.717) is 46.6 Å². The van der Waals surface area contributed by atoms with Crippen LogP contribution in [0.3, 0.4) is 0 Å². The van der Waals surface area contributed by atoms with Gasteiger partial charge >= 0.3 is 5.97 Å². The minimum Gasteiger partial charge on any atom is -0.475 e. The summed E-state index contributed by atoms with van der Waals surface area (Å²) in [5.74, 6) is -0.117. The molecule has 3 aliphatic rings. The van der Waals surface area contributed by atoms with E-state index in [-0.39, 0.29) is 17.8 Å². The molecule has 1 N–H and O–H groups in total. The predicted molar refractivity (Wildman–Crippen MR) is 160 cm³/mol. The van der Waals surface area contributed by atoms with Crippen molar-refractivity contribution in [1.82, 2.24) is 14.5 Å². The second-order valence-electron chi connectivity index (χ2n) is 11.8. The minimum absolute atomic E-state index is 0.111. The molecule has 0 bridgehead atoms. The first-order valence-electron chi connectivity index (χ1n) is 14.9. The number of halogens is 2. The van der Waals surface area contributed by atoms with Gasteiger partial charge in [0.25, 0.3) is 5.79 Å². The average Bonchev–Trinajstić information content (AvgIpc) is 3.67. The lowest BCUT2D eigenvalue weighted by Gasteiger charge is -2.33. The van der Waals surface area contributed by atoms with Gasteiger partial charge in [0.15, 0.2) is 17.3 Å². The zero-order valence-electron chi connectivity index (χ0n) is 24.5. The zero-order chi connectivity index (χ0) is 30.6. The highest BCUT2D eigenvalue weighted by atomic mass is 35.5. The number of carbonyl (C=O) groups is 1. The fourth-order valence-electron chi connectivity index (χ4n) is 6.44. The van der Waals surface area contributed by atoms with Gasteiger partial charge in [-0.2, -0.15) is 0 Å². The number of fused-ring (bicyclic) bond motifs is 1. The van der Waals surface area contributed by atoms with Crippen molar-refractivity contribution < 1.29 is 32.9 Å². The Balaban J connectivity index is 1.07. The maximum absolute atomic E-state index is 14.8. The van der Waals surface area contributed by atoms with Gasteiger partial charge in [-0.05, 0) is 81.6 Å². The Morgan fingerprint density at radius 1 is 1.14 bits per heavy atom. The summed E-state index contributed by atoms with van der Waals surface area (Å²) in [7, 11) is 0. The maximum atomic E-state index is 14.8. The summed E-state index contributed by atoms with van der Waals surface area (Å²) in [4.78, 5) is 18.7. The summed E-state index contributed by atoms with van der Waals surface area (Å²) in [6.07, 6.45) is 2.95. The van der Waals surface area contributed by atoms with Crippen molar-refractivity contribution in [3.8, 4) is 23.0 Å². The number of para-hydroxylation sites is 1. The number of ether oxygens (including phenoxy) is 3. The van der Waals surface area contributed by atoms with Crippen LogP contribution >= 0.6 is 11.6 Å². The zero-order valence-corrected chi connectivity index (χ0v) is 25.3.